The van der Waals surface area contributed by atoms with Crippen LogP contribution in [0, 0.1) is 0 Å². The van der Waals surface area contributed by atoms with Gasteiger partial charge in [-0.2, -0.15) is 0 Å². The van der Waals surface area contributed by atoms with Gasteiger partial charge in [-0.3, -0.25) is 0 Å². The third kappa shape index (κ3) is 3.62. The van der Waals surface area contributed by atoms with Crippen molar-refractivity contribution in [3.8, 4) is 5.75 Å². The van der Waals surface area contributed by atoms with Crippen LogP contribution in [0.1, 0.15) is 10.4 Å². The number of aromatic carboxylic acids is 1. The highest BCUT2D eigenvalue weighted by molar-refractivity contribution is 7.90. The summed E-state index contributed by atoms with van der Waals surface area (Å²) in [5.41, 5.74) is -0.618. The summed E-state index contributed by atoms with van der Waals surface area (Å²) in [6.07, 6.45) is -4.30. The second-order valence-corrected chi connectivity index (χ2v) is 5.27. The van der Waals surface area contributed by atoms with Gasteiger partial charge in [0.25, 0.3) is 0 Å². The molecule has 0 saturated carbocycles. The molecule has 100 valence electrons. The molecular formula is C9H7F3O5S. The SMILES string of the molecule is CS(=O)(=O)c1cc(OC(F)(F)F)ccc1C(=O)O. The van der Waals surface area contributed by atoms with E-state index in [1.54, 1.807) is 0 Å². The molecule has 1 rings (SSSR count). The summed E-state index contributed by atoms with van der Waals surface area (Å²) in [7, 11) is -3.98. The van der Waals surface area contributed by atoms with Gasteiger partial charge in [-0.15, -0.1) is 13.2 Å². The Morgan fingerprint density at radius 2 is 1.89 bits per heavy atom. The van der Waals surface area contributed by atoms with Gasteiger partial charge in [0, 0.05) is 12.3 Å². The molecule has 0 radical (unpaired) electrons. The largest absolute Gasteiger partial charge is 0.573 e. The average Bonchev–Trinajstić information content (AvgIpc) is 2.13. The van der Waals surface area contributed by atoms with Crippen LogP contribution in [0.25, 0.3) is 0 Å². The summed E-state index contributed by atoms with van der Waals surface area (Å²) in [4.78, 5) is 10.00. The minimum absolute atomic E-state index is 0.520. The van der Waals surface area contributed by atoms with E-state index in [0.717, 1.165) is 12.1 Å². The third-order valence-corrected chi connectivity index (χ3v) is 2.95. The zero-order chi connectivity index (χ0) is 14.1. The topological polar surface area (TPSA) is 80.7 Å². The van der Waals surface area contributed by atoms with Crippen molar-refractivity contribution >= 4 is 15.8 Å². The van der Waals surface area contributed by atoms with Crippen molar-refractivity contribution in [3.05, 3.63) is 23.8 Å². The number of carbonyl (C=O) groups is 1. The van der Waals surface area contributed by atoms with E-state index in [9.17, 15) is 26.4 Å². The number of sulfone groups is 1. The van der Waals surface area contributed by atoms with Crippen molar-refractivity contribution in [2.75, 3.05) is 6.26 Å². The van der Waals surface area contributed by atoms with Crippen LogP contribution in [-0.2, 0) is 9.84 Å². The monoisotopic (exact) mass is 284 g/mol. The zero-order valence-electron chi connectivity index (χ0n) is 8.85. The maximum absolute atomic E-state index is 11.9. The van der Waals surface area contributed by atoms with E-state index < -0.39 is 38.4 Å². The minimum atomic E-state index is -4.99. The van der Waals surface area contributed by atoms with Crippen molar-refractivity contribution in [3.63, 3.8) is 0 Å². The number of alkyl halides is 3. The summed E-state index contributed by atoms with van der Waals surface area (Å²) in [5.74, 6) is -2.36. The Balaban J connectivity index is 3.36. The van der Waals surface area contributed by atoms with Crippen LogP contribution in [0.2, 0.25) is 0 Å². The maximum atomic E-state index is 11.9. The number of ether oxygens (including phenoxy) is 1. The first-order chi connectivity index (χ1) is 8.00. The predicted molar refractivity (Wildman–Crippen MR) is 53.2 cm³/mol. The molecule has 0 aliphatic carbocycles. The lowest BCUT2D eigenvalue weighted by Crippen LogP contribution is -2.18. The Morgan fingerprint density at radius 1 is 1.33 bits per heavy atom. The molecule has 0 amide bonds. The highest BCUT2D eigenvalue weighted by Crippen LogP contribution is 2.27. The molecule has 0 aliphatic rings. The van der Waals surface area contributed by atoms with E-state index >= 15 is 0 Å². The molecule has 0 spiro atoms. The molecule has 0 saturated heterocycles. The van der Waals surface area contributed by atoms with Crippen LogP contribution >= 0.6 is 0 Å². The number of carboxylic acid groups (broad SMARTS) is 1. The molecule has 1 aromatic rings. The molecule has 9 heteroatoms. The number of halogens is 3. The Morgan fingerprint density at radius 3 is 2.28 bits per heavy atom. The molecule has 0 bridgehead atoms. The van der Waals surface area contributed by atoms with Gasteiger partial charge in [-0.1, -0.05) is 0 Å². The lowest BCUT2D eigenvalue weighted by molar-refractivity contribution is -0.274. The Hall–Kier alpha value is -1.77. The van der Waals surface area contributed by atoms with Crippen molar-refractivity contribution < 1.29 is 36.2 Å². The fourth-order valence-electron chi connectivity index (χ4n) is 1.18. The van der Waals surface area contributed by atoms with E-state index in [4.69, 9.17) is 5.11 Å². The Kier molecular flexibility index (Phi) is 3.56. The summed E-state index contributed by atoms with van der Waals surface area (Å²) in [5, 5.41) is 8.72. The lowest BCUT2D eigenvalue weighted by atomic mass is 10.2. The number of benzene rings is 1. The van der Waals surface area contributed by atoms with Gasteiger partial charge in [0.05, 0.1) is 10.5 Å². The van der Waals surface area contributed by atoms with Crippen LogP contribution in [-0.4, -0.2) is 32.1 Å². The molecular weight excluding hydrogens is 277 g/mol. The lowest BCUT2D eigenvalue weighted by Gasteiger charge is -2.11. The molecule has 0 unspecified atom stereocenters. The molecule has 5 nitrogen and oxygen atoms in total. The fourth-order valence-corrected chi connectivity index (χ4v) is 2.07. The molecule has 0 aromatic heterocycles. The predicted octanol–water partition coefficient (Wildman–Crippen LogP) is 1.69. The van der Waals surface area contributed by atoms with Crippen LogP contribution in [0.4, 0.5) is 13.2 Å². The van der Waals surface area contributed by atoms with Crippen molar-refractivity contribution in [2.24, 2.45) is 0 Å². The summed E-state index contributed by atoms with van der Waals surface area (Å²) in [6, 6.07) is 1.98. The van der Waals surface area contributed by atoms with E-state index in [1.807, 2.05) is 0 Å². The quantitative estimate of drug-likeness (QED) is 0.913. The van der Waals surface area contributed by atoms with Crippen molar-refractivity contribution in [1.82, 2.24) is 0 Å². The minimum Gasteiger partial charge on any atom is -0.478 e. The van der Waals surface area contributed by atoms with Crippen molar-refractivity contribution in [1.29, 1.82) is 0 Å². The molecule has 1 N–H and O–H groups in total. The molecule has 0 fully saturated rings. The molecule has 1 aromatic carbocycles. The number of rotatable bonds is 3. The Labute approximate surface area is 99.7 Å². The van der Waals surface area contributed by atoms with Gasteiger partial charge in [0.1, 0.15) is 5.75 Å². The first-order valence-electron chi connectivity index (χ1n) is 4.34. The summed E-state index contributed by atoms with van der Waals surface area (Å²) < 4.78 is 61.9. The van der Waals surface area contributed by atoms with Crippen LogP contribution < -0.4 is 4.74 Å². The molecule has 0 heterocycles. The van der Waals surface area contributed by atoms with Crippen molar-refractivity contribution in [2.45, 2.75) is 11.3 Å². The van der Waals surface area contributed by atoms with Gasteiger partial charge in [0.2, 0.25) is 0 Å². The molecule has 18 heavy (non-hydrogen) atoms. The van der Waals surface area contributed by atoms with Gasteiger partial charge >= 0.3 is 12.3 Å². The second-order valence-electron chi connectivity index (χ2n) is 3.28. The van der Waals surface area contributed by atoms with E-state index in [-0.39, 0.29) is 0 Å². The molecule has 0 aliphatic heterocycles. The zero-order valence-corrected chi connectivity index (χ0v) is 9.67. The normalized spacial score (nSPS) is 12.2. The first kappa shape index (κ1) is 14.3. The maximum Gasteiger partial charge on any atom is 0.573 e. The average molecular weight is 284 g/mol. The third-order valence-electron chi connectivity index (χ3n) is 1.82. The smallest absolute Gasteiger partial charge is 0.478 e. The van der Waals surface area contributed by atoms with Gasteiger partial charge in [-0.05, 0) is 12.1 Å². The van der Waals surface area contributed by atoms with Crippen LogP contribution in [0.5, 0.6) is 5.75 Å². The van der Waals surface area contributed by atoms with E-state index in [0.29, 0.717) is 12.3 Å². The molecule has 0 atom stereocenters. The van der Waals surface area contributed by atoms with Gasteiger partial charge in [-0.25, -0.2) is 13.2 Å². The fraction of sp³-hybridized carbons (Fsp3) is 0.222. The van der Waals surface area contributed by atoms with Gasteiger partial charge in [0.15, 0.2) is 9.84 Å². The van der Waals surface area contributed by atoms with Crippen LogP contribution in [0.15, 0.2) is 23.1 Å². The van der Waals surface area contributed by atoms with Gasteiger partial charge < -0.3 is 9.84 Å². The summed E-state index contributed by atoms with van der Waals surface area (Å²) >= 11 is 0. The standard InChI is InChI=1S/C9H7F3O5S/c1-18(15,16)7-4-5(17-9(10,11)12)2-3-6(7)8(13)14/h2-4H,1H3,(H,13,14). The highest BCUT2D eigenvalue weighted by atomic mass is 32.2. The number of hydrogen-bond acceptors (Lipinski definition) is 4. The highest BCUT2D eigenvalue weighted by Gasteiger charge is 2.32. The summed E-state index contributed by atoms with van der Waals surface area (Å²) in [6.45, 7) is 0. The second kappa shape index (κ2) is 4.48. The van der Waals surface area contributed by atoms with E-state index in [1.165, 1.54) is 0 Å². The first-order valence-corrected chi connectivity index (χ1v) is 6.23. The Bertz CT molecular complexity index is 576. The van der Waals surface area contributed by atoms with Crippen LogP contribution in [0.3, 0.4) is 0 Å². The number of carboxylic acids is 1. The number of hydrogen-bond donors (Lipinski definition) is 1. The van der Waals surface area contributed by atoms with E-state index in [2.05, 4.69) is 4.74 Å².